The molecule has 0 saturated carbocycles. The average Bonchev–Trinajstić information content (AvgIpc) is 3.18. The lowest BCUT2D eigenvalue weighted by Gasteiger charge is -2.38. The smallest absolute Gasteiger partial charge is 0.398 e. The Morgan fingerprint density at radius 3 is 2.13 bits per heavy atom. The molecule has 1 aromatic carbocycles. The molecule has 1 aliphatic rings. The molecule has 1 fully saturated rings. The van der Waals surface area contributed by atoms with Crippen molar-refractivity contribution in [2.75, 3.05) is 26.7 Å². The molecular formula is C21H30BrN2O7+. The summed E-state index contributed by atoms with van der Waals surface area (Å²) in [7, 11) is 1.70. The zero-order chi connectivity index (χ0) is 23.3. The van der Waals surface area contributed by atoms with Crippen molar-refractivity contribution in [2.24, 2.45) is 5.92 Å². The lowest BCUT2D eigenvalue weighted by Crippen LogP contribution is -2.58. The Labute approximate surface area is 189 Å². The minimum atomic E-state index is -2.27. The first-order valence-electron chi connectivity index (χ1n) is 10.2. The fraction of sp³-hybridized carbons (Fsp3) is 0.571. The number of hydrogen-bond acceptors (Lipinski definition) is 6. The van der Waals surface area contributed by atoms with Crippen LogP contribution < -0.4 is 0 Å². The molecule has 0 radical (unpaired) electrons. The van der Waals surface area contributed by atoms with Gasteiger partial charge in [-0.05, 0) is 30.2 Å². The molecule has 0 aromatic heterocycles. The number of amides is 1. The van der Waals surface area contributed by atoms with Gasteiger partial charge < -0.3 is 20.2 Å². The van der Waals surface area contributed by atoms with E-state index in [1.54, 1.807) is 36.2 Å². The molecule has 1 amide bonds. The number of carbonyl (C=O) groups is 3. The molecule has 31 heavy (non-hydrogen) atoms. The number of benzene rings is 1. The number of hydroxylamine groups is 3. The molecule has 1 aliphatic heterocycles. The Hall–Kier alpha value is -2.01. The minimum absolute atomic E-state index is 0.0354. The van der Waals surface area contributed by atoms with Crippen LogP contribution in [0.25, 0.3) is 0 Å². The molecule has 0 bridgehead atoms. The second-order valence-electron chi connectivity index (χ2n) is 8.27. The molecule has 1 aromatic rings. The number of likely N-dealkylation sites (tertiary alicyclic amines) is 1. The van der Waals surface area contributed by atoms with Crippen LogP contribution in [0.15, 0.2) is 28.7 Å². The molecule has 3 atom stereocenters. The third kappa shape index (κ3) is 6.25. The van der Waals surface area contributed by atoms with Gasteiger partial charge in [0.05, 0.1) is 6.04 Å². The van der Waals surface area contributed by atoms with E-state index in [1.165, 1.54) is 0 Å². The maximum Gasteiger partial charge on any atom is 0.398 e. The van der Waals surface area contributed by atoms with Crippen LogP contribution in [0.3, 0.4) is 0 Å². The van der Waals surface area contributed by atoms with E-state index in [-0.39, 0.29) is 29.1 Å². The van der Waals surface area contributed by atoms with Crippen molar-refractivity contribution in [3.05, 3.63) is 34.3 Å². The van der Waals surface area contributed by atoms with E-state index in [0.29, 0.717) is 18.7 Å². The van der Waals surface area contributed by atoms with Gasteiger partial charge in [0.2, 0.25) is 0 Å². The summed E-state index contributed by atoms with van der Waals surface area (Å²) >= 11 is 3.35. The summed E-state index contributed by atoms with van der Waals surface area (Å²) in [6.07, 6.45) is -2.90. The molecule has 172 valence electrons. The SMILES string of the molecule is CC(C)C(C[N+]1(OC(=O)C(O)C(O)C(=O)O)CCCC1)N(C)C(=O)c1ccc(Br)cc1. The highest BCUT2D eigenvalue weighted by Gasteiger charge is 2.45. The summed E-state index contributed by atoms with van der Waals surface area (Å²) < 4.78 is 0.728. The van der Waals surface area contributed by atoms with E-state index in [0.717, 1.165) is 17.3 Å². The van der Waals surface area contributed by atoms with E-state index in [1.807, 2.05) is 13.8 Å². The van der Waals surface area contributed by atoms with Crippen LogP contribution in [0.2, 0.25) is 0 Å². The van der Waals surface area contributed by atoms with Crippen molar-refractivity contribution < 1.29 is 39.2 Å². The van der Waals surface area contributed by atoms with Crippen molar-refractivity contribution in [3.63, 3.8) is 0 Å². The van der Waals surface area contributed by atoms with E-state index < -0.39 is 24.1 Å². The molecule has 0 aliphatic carbocycles. The normalized spacial score (nSPS) is 18.3. The lowest BCUT2D eigenvalue weighted by molar-refractivity contribution is -1.08. The molecule has 9 nitrogen and oxygen atoms in total. The molecule has 1 saturated heterocycles. The highest BCUT2D eigenvalue weighted by atomic mass is 79.9. The van der Waals surface area contributed by atoms with Crippen molar-refractivity contribution >= 4 is 33.8 Å². The summed E-state index contributed by atoms with van der Waals surface area (Å²) in [5.41, 5.74) is 0.529. The van der Waals surface area contributed by atoms with Crippen molar-refractivity contribution in [1.82, 2.24) is 4.90 Å². The second-order valence-corrected chi connectivity index (χ2v) is 9.18. The number of aliphatic hydroxyl groups excluding tert-OH is 2. The first kappa shape index (κ1) is 25.3. The first-order valence-corrected chi connectivity index (χ1v) is 11.0. The van der Waals surface area contributed by atoms with Gasteiger partial charge in [-0.2, -0.15) is 0 Å². The van der Waals surface area contributed by atoms with E-state index in [9.17, 15) is 24.6 Å². The van der Waals surface area contributed by atoms with Gasteiger partial charge in [0.1, 0.15) is 19.6 Å². The number of hydrogen-bond donors (Lipinski definition) is 3. The maximum absolute atomic E-state index is 13.0. The van der Waals surface area contributed by atoms with Gasteiger partial charge >= 0.3 is 11.9 Å². The third-order valence-corrected chi connectivity index (χ3v) is 6.19. The Morgan fingerprint density at radius 2 is 1.65 bits per heavy atom. The molecule has 3 N–H and O–H groups in total. The van der Waals surface area contributed by atoms with Gasteiger partial charge in [0.15, 0.2) is 12.2 Å². The number of aliphatic hydroxyl groups is 2. The van der Waals surface area contributed by atoms with Crippen LogP contribution in [-0.4, -0.2) is 87.6 Å². The standard InChI is InChI=1S/C21H29BrN2O7/c1-13(2)16(23(3)19(27)14-6-8-15(22)9-7-14)12-24(10-4-5-11-24)31-21(30)18(26)17(25)20(28)29/h6-9,13,16-18,25-26H,4-5,10-12H2,1-3H3/p+1. The number of carboxylic acid groups (broad SMARTS) is 1. The Balaban J connectivity index is 2.21. The third-order valence-electron chi connectivity index (χ3n) is 5.66. The zero-order valence-corrected chi connectivity index (χ0v) is 19.5. The molecule has 3 unspecified atom stereocenters. The maximum atomic E-state index is 13.0. The van der Waals surface area contributed by atoms with Crippen molar-refractivity contribution in [2.45, 2.75) is 44.9 Å². The van der Waals surface area contributed by atoms with Crippen LogP contribution in [0.4, 0.5) is 0 Å². The van der Waals surface area contributed by atoms with Crippen molar-refractivity contribution in [3.8, 4) is 0 Å². The van der Waals surface area contributed by atoms with Gasteiger partial charge in [-0.3, -0.25) is 9.63 Å². The highest BCUT2D eigenvalue weighted by molar-refractivity contribution is 9.10. The zero-order valence-electron chi connectivity index (χ0n) is 17.9. The van der Waals surface area contributed by atoms with Gasteiger partial charge in [0.25, 0.3) is 5.91 Å². The largest absolute Gasteiger partial charge is 0.479 e. The number of aliphatic carboxylic acids is 1. The van der Waals surface area contributed by atoms with E-state index in [4.69, 9.17) is 9.94 Å². The monoisotopic (exact) mass is 501 g/mol. The van der Waals surface area contributed by atoms with Crippen LogP contribution >= 0.6 is 15.9 Å². The summed E-state index contributed by atoms with van der Waals surface area (Å²) in [5.74, 6) is -3.04. The molecule has 1 heterocycles. The molecule has 2 rings (SSSR count). The molecule has 0 spiro atoms. The number of nitrogens with zero attached hydrogens (tertiary/aromatic N) is 2. The van der Waals surface area contributed by atoms with Crippen LogP contribution in [0.5, 0.6) is 0 Å². The van der Waals surface area contributed by atoms with Crippen LogP contribution in [0.1, 0.15) is 37.0 Å². The molecular weight excluding hydrogens is 472 g/mol. The van der Waals surface area contributed by atoms with Gasteiger partial charge in [-0.15, -0.1) is 4.65 Å². The number of likely N-dealkylation sites (N-methyl/N-ethyl adjacent to an activating group) is 1. The van der Waals surface area contributed by atoms with Gasteiger partial charge in [-0.1, -0.05) is 29.8 Å². The van der Waals surface area contributed by atoms with Gasteiger partial charge in [0, 0.05) is 29.9 Å². The number of carbonyl (C=O) groups excluding carboxylic acids is 2. The van der Waals surface area contributed by atoms with Crippen LogP contribution in [-0.2, 0) is 14.4 Å². The van der Waals surface area contributed by atoms with Crippen molar-refractivity contribution in [1.29, 1.82) is 0 Å². The quantitative estimate of drug-likeness (QED) is 0.437. The fourth-order valence-electron chi connectivity index (χ4n) is 3.80. The Morgan fingerprint density at radius 1 is 1.10 bits per heavy atom. The first-order chi connectivity index (χ1) is 14.5. The Bertz CT molecular complexity index is 793. The highest BCUT2D eigenvalue weighted by Crippen LogP contribution is 2.26. The van der Waals surface area contributed by atoms with Crippen LogP contribution in [0, 0.1) is 5.92 Å². The predicted octanol–water partition coefficient (Wildman–Crippen LogP) is 1.42. The lowest BCUT2D eigenvalue weighted by atomic mass is 10.0. The minimum Gasteiger partial charge on any atom is -0.479 e. The van der Waals surface area contributed by atoms with Gasteiger partial charge in [-0.25, -0.2) is 9.59 Å². The Kier molecular flexibility index (Phi) is 8.58. The second kappa shape index (κ2) is 10.5. The van der Waals surface area contributed by atoms with E-state index in [2.05, 4.69) is 15.9 Å². The number of quaternary nitrogens is 1. The topological polar surface area (TPSA) is 124 Å². The van der Waals surface area contributed by atoms with E-state index >= 15 is 0 Å². The number of halogens is 1. The average molecular weight is 502 g/mol. The predicted molar refractivity (Wildman–Crippen MR) is 115 cm³/mol. The summed E-state index contributed by atoms with van der Waals surface area (Å²) in [6, 6.07) is 6.74. The number of carboxylic acids is 1. The number of rotatable bonds is 9. The summed E-state index contributed by atoms with van der Waals surface area (Å²) in [6.45, 7) is 5.18. The summed E-state index contributed by atoms with van der Waals surface area (Å²) in [5, 5.41) is 28.2. The fourth-order valence-corrected chi connectivity index (χ4v) is 4.06. The summed E-state index contributed by atoms with van der Waals surface area (Å²) in [4.78, 5) is 43.4. The molecule has 10 heteroatoms.